The first kappa shape index (κ1) is 20.5. The van der Waals surface area contributed by atoms with E-state index < -0.39 is 5.91 Å². The molecule has 0 bridgehead atoms. The third kappa shape index (κ3) is 5.86. The van der Waals surface area contributed by atoms with E-state index in [1.54, 1.807) is 42.5 Å². The van der Waals surface area contributed by atoms with Crippen molar-refractivity contribution in [3.8, 4) is 11.8 Å². The van der Waals surface area contributed by atoms with Crippen LogP contribution in [0, 0.1) is 11.3 Å². The first-order valence-corrected chi connectivity index (χ1v) is 9.46. The summed E-state index contributed by atoms with van der Waals surface area (Å²) in [4.78, 5) is 12.4. The summed E-state index contributed by atoms with van der Waals surface area (Å²) in [6, 6.07) is 23.6. The average molecular weight is 423 g/mol. The number of hydrogen-bond donors (Lipinski definition) is 1. The molecule has 144 valence electrons. The van der Waals surface area contributed by atoms with Crippen LogP contribution in [-0.2, 0) is 11.4 Å². The van der Waals surface area contributed by atoms with Crippen molar-refractivity contribution in [2.75, 3.05) is 5.32 Å². The first-order valence-electron chi connectivity index (χ1n) is 8.70. The molecule has 1 N–H and O–H groups in total. The normalized spacial score (nSPS) is 10.9. The molecule has 1 amide bonds. The van der Waals surface area contributed by atoms with Gasteiger partial charge in [-0.3, -0.25) is 4.79 Å². The molecule has 6 heteroatoms. The first-order chi connectivity index (χ1) is 14.0. The zero-order valence-electron chi connectivity index (χ0n) is 15.2. The van der Waals surface area contributed by atoms with Crippen molar-refractivity contribution in [2.45, 2.75) is 6.61 Å². The molecular weight excluding hydrogens is 407 g/mol. The largest absolute Gasteiger partial charge is 0.489 e. The van der Waals surface area contributed by atoms with Gasteiger partial charge in [-0.15, -0.1) is 0 Å². The van der Waals surface area contributed by atoms with E-state index in [4.69, 9.17) is 27.9 Å². The number of halogens is 2. The molecule has 3 aromatic carbocycles. The number of ether oxygens (including phenoxy) is 1. The molecule has 0 spiro atoms. The summed E-state index contributed by atoms with van der Waals surface area (Å²) in [5, 5.41) is 12.8. The van der Waals surface area contributed by atoms with Crippen molar-refractivity contribution >= 4 is 40.9 Å². The highest BCUT2D eigenvalue weighted by Gasteiger charge is 2.10. The Labute approximate surface area is 179 Å². The number of hydrogen-bond acceptors (Lipinski definition) is 3. The molecule has 3 aromatic rings. The number of nitrogens with one attached hydrogen (secondary N) is 1. The van der Waals surface area contributed by atoms with Crippen molar-refractivity contribution in [1.29, 1.82) is 5.26 Å². The maximum absolute atomic E-state index is 12.4. The van der Waals surface area contributed by atoms with E-state index >= 15 is 0 Å². The molecule has 29 heavy (non-hydrogen) atoms. The van der Waals surface area contributed by atoms with Gasteiger partial charge in [-0.05, 0) is 53.6 Å². The maximum atomic E-state index is 12.4. The summed E-state index contributed by atoms with van der Waals surface area (Å²) < 4.78 is 5.72. The van der Waals surface area contributed by atoms with Gasteiger partial charge in [-0.2, -0.15) is 5.26 Å². The zero-order valence-corrected chi connectivity index (χ0v) is 16.7. The number of amides is 1. The Morgan fingerprint density at radius 3 is 2.38 bits per heavy atom. The number of nitrogens with zero attached hydrogens (tertiary/aromatic N) is 1. The van der Waals surface area contributed by atoms with E-state index in [1.807, 2.05) is 36.4 Å². The summed E-state index contributed by atoms with van der Waals surface area (Å²) in [7, 11) is 0. The van der Waals surface area contributed by atoms with E-state index in [0.717, 1.165) is 5.56 Å². The minimum absolute atomic E-state index is 0.0483. The second-order valence-electron chi connectivity index (χ2n) is 6.10. The highest BCUT2D eigenvalue weighted by Crippen LogP contribution is 2.24. The monoisotopic (exact) mass is 422 g/mol. The Hall–Kier alpha value is -3.26. The second kappa shape index (κ2) is 9.79. The van der Waals surface area contributed by atoms with Crippen LogP contribution in [0.1, 0.15) is 11.1 Å². The minimum atomic E-state index is -0.517. The molecule has 0 fully saturated rings. The van der Waals surface area contributed by atoms with Crippen LogP contribution < -0.4 is 10.1 Å². The fourth-order valence-corrected chi connectivity index (χ4v) is 2.80. The van der Waals surface area contributed by atoms with Crippen LogP contribution >= 0.6 is 23.2 Å². The van der Waals surface area contributed by atoms with Crippen molar-refractivity contribution in [3.63, 3.8) is 0 Å². The molecule has 0 aliphatic carbocycles. The number of nitriles is 1. The zero-order chi connectivity index (χ0) is 20.6. The molecule has 0 aliphatic heterocycles. The lowest BCUT2D eigenvalue weighted by molar-refractivity contribution is -0.112. The number of benzene rings is 3. The molecule has 0 atom stereocenters. The van der Waals surface area contributed by atoms with Crippen LogP contribution in [0.2, 0.25) is 10.0 Å². The number of rotatable bonds is 6. The molecule has 0 unspecified atom stereocenters. The van der Waals surface area contributed by atoms with Gasteiger partial charge in [0.05, 0.1) is 10.0 Å². The Balaban J connectivity index is 1.63. The van der Waals surface area contributed by atoms with Gasteiger partial charge in [-0.1, -0.05) is 59.6 Å². The van der Waals surface area contributed by atoms with Gasteiger partial charge in [0.25, 0.3) is 5.91 Å². The van der Waals surface area contributed by atoms with Gasteiger partial charge >= 0.3 is 0 Å². The average Bonchev–Trinajstić information content (AvgIpc) is 2.74. The predicted molar refractivity (Wildman–Crippen MR) is 116 cm³/mol. The number of anilines is 1. The highest BCUT2D eigenvalue weighted by atomic mass is 35.5. The molecule has 0 aliphatic rings. The van der Waals surface area contributed by atoms with Crippen LogP contribution in [-0.4, -0.2) is 5.91 Å². The van der Waals surface area contributed by atoms with Crippen molar-refractivity contribution < 1.29 is 9.53 Å². The third-order valence-electron chi connectivity index (χ3n) is 3.98. The Bertz CT molecular complexity index is 1070. The minimum Gasteiger partial charge on any atom is -0.489 e. The lowest BCUT2D eigenvalue weighted by Crippen LogP contribution is -2.13. The molecular formula is C23H16Cl2N2O2. The van der Waals surface area contributed by atoms with Crippen molar-refractivity contribution in [3.05, 3.63) is 99.5 Å². The van der Waals surface area contributed by atoms with Gasteiger partial charge < -0.3 is 10.1 Å². The van der Waals surface area contributed by atoms with E-state index in [-0.39, 0.29) is 5.57 Å². The standard InChI is InChI=1S/C23H16Cl2N2O2/c24-21-11-6-17(13-22(21)25)12-18(14-26)23(28)27-19-7-9-20(10-8-19)29-15-16-4-2-1-3-5-16/h1-13H,15H2,(H,27,28)/b18-12+. The molecule has 0 heterocycles. The van der Waals surface area contributed by atoms with Crippen LogP contribution in [0.4, 0.5) is 5.69 Å². The second-order valence-corrected chi connectivity index (χ2v) is 6.91. The fraction of sp³-hybridized carbons (Fsp3) is 0.0435. The summed E-state index contributed by atoms with van der Waals surface area (Å²) in [5.74, 6) is 0.162. The number of carbonyl (C=O) groups excluding carboxylic acids is 1. The third-order valence-corrected chi connectivity index (χ3v) is 4.72. The molecule has 0 aromatic heterocycles. The Morgan fingerprint density at radius 1 is 1.00 bits per heavy atom. The Kier molecular flexibility index (Phi) is 6.91. The maximum Gasteiger partial charge on any atom is 0.266 e. The Morgan fingerprint density at radius 2 is 1.72 bits per heavy atom. The van der Waals surface area contributed by atoms with Crippen LogP contribution in [0.25, 0.3) is 6.08 Å². The molecule has 4 nitrogen and oxygen atoms in total. The van der Waals surface area contributed by atoms with Crippen LogP contribution in [0.3, 0.4) is 0 Å². The van der Waals surface area contributed by atoms with Gasteiger partial charge in [-0.25, -0.2) is 0 Å². The molecule has 3 rings (SSSR count). The number of carbonyl (C=O) groups is 1. The van der Waals surface area contributed by atoms with Crippen molar-refractivity contribution in [2.24, 2.45) is 0 Å². The molecule has 0 saturated heterocycles. The van der Waals surface area contributed by atoms with Gasteiger partial charge in [0.2, 0.25) is 0 Å². The SMILES string of the molecule is N#C/C(=C\c1ccc(Cl)c(Cl)c1)C(=O)Nc1ccc(OCc2ccccc2)cc1. The summed E-state index contributed by atoms with van der Waals surface area (Å²) in [6.07, 6.45) is 1.45. The lowest BCUT2D eigenvalue weighted by Gasteiger charge is -2.08. The predicted octanol–water partition coefficient (Wildman–Crippen LogP) is 6.12. The van der Waals surface area contributed by atoms with Gasteiger partial charge in [0.15, 0.2) is 0 Å². The van der Waals surface area contributed by atoms with E-state index in [9.17, 15) is 10.1 Å². The van der Waals surface area contributed by atoms with Gasteiger partial charge in [0.1, 0.15) is 24.0 Å². The molecule has 0 saturated carbocycles. The van der Waals surface area contributed by atoms with E-state index in [0.29, 0.717) is 33.7 Å². The smallest absolute Gasteiger partial charge is 0.266 e. The summed E-state index contributed by atoms with van der Waals surface area (Å²) in [6.45, 7) is 0.456. The van der Waals surface area contributed by atoms with E-state index in [2.05, 4.69) is 5.32 Å². The lowest BCUT2D eigenvalue weighted by atomic mass is 10.1. The topological polar surface area (TPSA) is 62.1 Å². The summed E-state index contributed by atoms with van der Waals surface area (Å²) in [5.41, 5.74) is 2.18. The quantitative estimate of drug-likeness (QED) is 0.384. The summed E-state index contributed by atoms with van der Waals surface area (Å²) >= 11 is 11.9. The highest BCUT2D eigenvalue weighted by molar-refractivity contribution is 6.42. The van der Waals surface area contributed by atoms with Crippen LogP contribution in [0.5, 0.6) is 5.75 Å². The fourth-order valence-electron chi connectivity index (χ4n) is 2.49. The molecule has 0 radical (unpaired) electrons. The van der Waals surface area contributed by atoms with Crippen LogP contribution in [0.15, 0.2) is 78.4 Å². The van der Waals surface area contributed by atoms with Crippen molar-refractivity contribution in [1.82, 2.24) is 0 Å². The van der Waals surface area contributed by atoms with Gasteiger partial charge in [0, 0.05) is 5.69 Å². The van der Waals surface area contributed by atoms with E-state index in [1.165, 1.54) is 6.08 Å².